The third-order valence-electron chi connectivity index (χ3n) is 3.48. The zero-order valence-corrected chi connectivity index (χ0v) is 12.0. The van der Waals surface area contributed by atoms with Crippen LogP contribution < -0.4 is 5.32 Å². The molecule has 1 aromatic rings. The summed E-state index contributed by atoms with van der Waals surface area (Å²) in [6, 6.07) is 5.88. The Labute approximate surface area is 110 Å². The molecule has 0 bridgehead atoms. The summed E-state index contributed by atoms with van der Waals surface area (Å²) >= 11 is 0. The third kappa shape index (κ3) is 4.07. The highest BCUT2D eigenvalue weighted by Crippen LogP contribution is 2.15. The first kappa shape index (κ1) is 15.1. The van der Waals surface area contributed by atoms with E-state index in [9.17, 15) is 4.39 Å². The van der Waals surface area contributed by atoms with E-state index >= 15 is 0 Å². The van der Waals surface area contributed by atoms with Gasteiger partial charge in [0.25, 0.3) is 0 Å². The molecule has 1 aromatic carbocycles. The van der Waals surface area contributed by atoms with Crippen LogP contribution in [0.25, 0.3) is 0 Å². The van der Waals surface area contributed by atoms with Gasteiger partial charge in [0.05, 0.1) is 0 Å². The van der Waals surface area contributed by atoms with Crippen LogP contribution in [0.2, 0.25) is 0 Å². The van der Waals surface area contributed by atoms with E-state index in [0.717, 1.165) is 30.6 Å². The molecule has 1 atom stereocenters. The van der Waals surface area contributed by atoms with Gasteiger partial charge in [-0.3, -0.25) is 4.90 Å². The van der Waals surface area contributed by atoms with E-state index in [1.165, 1.54) is 0 Å². The van der Waals surface area contributed by atoms with Gasteiger partial charge in [0.1, 0.15) is 5.82 Å². The van der Waals surface area contributed by atoms with Crippen LogP contribution in [0.15, 0.2) is 18.2 Å². The Morgan fingerprint density at radius 1 is 1.33 bits per heavy atom. The fraction of sp³-hybridized carbons (Fsp3) is 0.600. The zero-order chi connectivity index (χ0) is 13.5. The van der Waals surface area contributed by atoms with Gasteiger partial charge in [0.2, 0.25) is 0 Å². The topological polar surface area (TPSA) is 15.3 Å². The Morgan fingerprint density at radius 3 is 2.61 bits per heavy atom. The molecule has 0 aliphatic carbocycles. The first-order valence-corrected chi connectivity index (χ1v) is 6.78. The van der Waals surface area contributed by atoms with Crippen LogP contribution in [0.1, 0.15) is 38.3 Å². The minimum Gasteiger partial charge on any atom is -0.316 e. The van der Waals surface area contributed by atoms with Crippen molar-refractivity contribution in [2.75, 3.05) is 13.6 Å². The van der Waals surface area contributed by atoms with E-state index in [0.29, 0.717) is 12.6 Å². The first-order valence-electron chi connectivity index (χ1n) is 6.78. The van der Waals surface area contributed by atoms with Crippen LogP contribution in [0, 0.1) is 5.82 Å². The van der Waals surface area contributed by atoms with E-state index in [1.807, 2.05) is 19.2 Å². The molecule has 0 aromatic heterocycles. The summed E-state index contributed by atoms with van der Waals surface area (Å²) in [6.45, 7) is 8.91. The lowest BCUT2D eigenvalue weighted by Crippen LogP contribution is -2.32. The maximum absolute atomic E-state index is 13.8. The normalized spacial score (nSPS) is 13.0. The highest BCUT2D eigenvalue weighted by molar-refractivity contribution is 5.25. The minimum absolute atomic E-state index is 0.100. The molecule has 0 fully saturated rings. The molecule has 0 saturated carbocycles. The second kappa shape index (κ2) is 7.49. The summed E-state index contributed by atoms with van der Waals surface area (Å²) in [7, 11) is 1.90. The van der Waals surface area contributed by atoms with Gasteiger partial charge in [0, 0.05) is 24.7 Å². The molecule has 102 valence electrons. The molecule has 0 radical (unpaired) electrons. The van der Waals surface area contributed by atoms with Crippen molar-refractivity contribution < 1.29 is 4.39 Å². The second-order valence-corrected chi connectivity index (χ2v) is 4.78. The van der Waals surface area contributed by atoms with Gasteiger partial charge in [-0.25, -0.2) is 4.39 Å². The molecule has 3 heteroatoms. The van der Waals surface area contributed by atoms with Gasteiger partial charge < -0.3 is 5.32 Å². The fourth-order valence-electron chi connectivity index (χ4n) is 2.12. The van der Waals surface area contributed by atoms with E-state index in [-0.39, 0.29) is 5.82 Å². The van der Waals surface area contributed by atoms with Crippen molar-refractivity contribution in [3.63, 3.8) is 0 Å². The lowest BCUT2D eigenvalue weighted by molar-refractivity contribution is 0.203. The minimum atomic E-state index is -0.100. The number of hydrogen-bond acceptors (Lipinski definition) is 2. The second-order valence-electron chi connectivity index (χ2n) is 4.78. The van der Waals surface area contributed by atoms with Crippen LogP contribution in [0.4, 0.5) is 4.39 Å². The van der Waals surface area contributed by atoms with Gasteiger partial charge in [-0.05, 0) is 38.6 Å². The predicted molar refractivity (Wildman–Crippen MR) is 75.0 cm³/mol. The van der Waals surface area contributed by atoms with E-state index in [2.05, 4.69) is 31.0 Å². The van der Waals surface area contributed by atoms with Crippen LogP contribution in [0.5, 0.6) is 0 Å². The lowest BCUT2D eigenvalue weighted by Gasteiger charge is -2.27. The predicted octanol–water partition coefficient (Wildman–Crippen LogP) is 3.17. The standard InChI is InChI=1S/C15H25FN2/c1-5-12(3)18(6-2)11-14-9-13(10-17-4)7-8-15(14)16/h7-9,12,17H,5-6,10-11H2,1-4H3. The Balaban J connectivity index is 2.84. The Bertz CT molecular complexity index is 366. The molecular formula is C15H25FN2. The smallest absolute Gasteiger partial charge is 0.127 e. The largest absolute Gasteiger partial charge is 0.316 e. The number of benzene rings is 1. The molecular weight excluding hydrogens is 227 g/mol. The van der Waals surface area contributed by atoms with Crippen molar-refractivity contribution >= 4 is 0 Å². The van der Waals surface area contributed by atoms with Gasteiger partial charge in [-0.1, -0.05) is 26.0 Å². The third-order valence-corrected chi connectivity index (χ3v) is 3.48. The average molecular weight is 252 g/mol. The lowest BCUT2D eigenvalue weighted by atomic mass is 10.1. The Kier molecular flexibility index (Phi) is 6.30. The Hall–Kier alpha value is -0.930. The van der Waals surface area contributed by atoms with Crippen LogP contribution in [0.3, 0.4) is 0 Å². The zero-order valence-electron chi connectivity index (χ0n) is 12.0. The van der Waals surface area contributed by atoms with Crippen molar-refractivity contribution in [2.45, 2.75) is 46.3 Å². The van der Waals surface area contributed by atoms with Crippen molar-refractivity contribution in [1.82, 2.24) is 10.2 Å². The highest BCUT2D eigenvalue weighted by atomic mass is 19.1. The van der Waals surface area contributed by atoms with E-state index < -0.39 is 0 Å². The molecule has 0 heterocycles. The maximum atomic E-state index is 13.8. The summed E-state index contributed by atoms with van der Waals surface area (Å²) in [5.74, 6) is -0.100. The molecule has 0 aliphatic rings. The molecule has 18 heavy (non-hydrogen) atoms. The molecule has 2 nitrogen and oxygen atoms in total. The molecule has 0 amide bonds. The van der Waals surface area contributed by atoms with Gasteiger partial charge in [0.15, 0.2) is 0 Å². The SMILES string of the molecule is CCC(C)N(CC)Cc1cc(CNC)ccc1F. The maximum Gasteiger partial charge on any atom is 0.127 e. The van der Waals surface area contributed by atoms with Crippen LogP contribution in [-0.2, 0) is 13.1 Å². The van der Waals surface area contributed by atoms with E-state index in [1.54, 1.807) is 6.07 Å². The molecule has 0 aliphatic heterocycles. The molecule has 0 saturated heterocycles. The summed E-state index contributed by atoms with van der Waals surface area (Å²) in [4.78, 5) is 2.31. The van der Waals surface area contributed by atoms with Gasteiger partial charge in [-0.2, -0.15) is 0 Å². The monoisotopic (exact) mass is 252 g/mol. The number of rotatable bonds is 7. The summed E-state index contributed by atoms with van der Waals surface area (Å²) < 4.78 is 13.8. The van der Waals surface area contributed by atoms with Crippen LogP contribution in [-0.4, -0.2) is 24.5 Å². The number of nitrogens with one attached hydrogen (secondary N) is 1. The van der Waals surface area contributed by atoms with Crippen molar-refractivity contribution in [3.05, 3.63) is 35.1 Å². The number of halogens is 1. The summed E-state index contributed by atoms with van der Waals surface area (Å²) in [5.41, 5.74) is 1.93. The molecule has 1 N–H and O–H groups in total. The summed E-state index contributed by atoms with van der Waals surface area (Å²) in [6.07, 6.45) is 1.09. The fourth-order valence-corrected chi connectivity index (χ4v) is 2.12. The van der Waals surface area contributed by atoms with Gasteiger partial charge in [-0.15, -0.1) is 0 Å². The molecule has 1 rings (SSSR count). The van der Waals surface area contributed by atoms with Crippen LogP contribution >= 0.6 is 0 Å². The molecule has 1 unspecified atom stereocenters. The average Bonchev–Trinajstić information content (AvgIpc) is 2.38. The summed E-state index contributed by atoms with van der Waals surface area (Å²) in [5, 5.41) is 3.10. The van der Waals surface area contributed by atoms with Gasteiger partial charge >= 0.3 is 0 Å². The van der Waals surface area contributed by atoms with Crippen molar-refractivity contribution in [2.24, 2.45) is 0 Å². The quantitative estimate of drug-likeness (QED) is 0.802. The van der Waals surface area contributed by atoms with Crippen molar-refractivity contribution in [3.8, 4) is 0 Å². The molecule has 0 spiro atoms. The van der Waals surface area contributed by atoms with E-state index in [4.69, 9.17) is 0 Å². The number of nitrogens with zero attached hydrogens (tertiary/aromatic N) is 1. The van der Waals surface area contributed by atoms with Crippen molar-refractivity contribution in [1.29, 1.82) is 0 Å². The highest BCUT2D eigenvalue weighted by Gasteiger charge is 2.13. The first-order chi connectivity index (χ1) is 8.62. The Morgan fingerprint density at radius 2 is 2.06 bits per heavy atom. The number of hydrogen-bond donors (Lipinski definition) is 1.